The fourth-order valence-electron chi connectivity index (χ4n) is 4.77. The Balaban J connectivity index is 1.46. The lowest BCUT2D eigenvalue weighted by molar-refractivity contribution is -0.119. The average molecular weight is 536 g/mol. The highest BCUT2D eigenvalue weighted by atomic mass is 32.2. The number of anilines is 1. The van der Waals surface area contributed by atoms with Gasteiger partial charge in [-0.3, -0.25) is 9.10 Å². The molecule has 0 aromatic heterocycles. The fraction of sp³-hybridized carbons (Fsp3) is 0.125. The third-order valence-electron chi connectivity index (χ3n) is 6.59. The first-order valence-corrected chi connectivity index (χ1v) is 14.1. The molecule has 0 atom stereocenters. The van der Waals surface area contributed by atoms with Gasteiger partial charge in [-0.15, -0.1) is 0 Å². The molecule has 0 bridgehead atoms. The number of carbonyl (C=O) groups excluding carboxylic acids is 1. The van der Waals surface area contributed by atoms with Crippen molar-refractivity contribution < 1.29 is 13.2 Å². The summed E-state index contributed by atoms with van der Waals surface area (Å²) >= 11 is 0. The Morgan fingerprint density at radius 3 is 1.92 bits per heavy atom. The number of sulfonamides is 1. The summed E-state index contributed by atoms with van der Waals surface area (Å²) in [6, 6.07) is 30.2. The van der Waals surface area contributed by atoms with Gasteiger partial charge in [0.1, 0.15) is 6.54 Å². The zero-order valence-electron chi connectivity index (χ0n) is 22.0. The van der Waals surface area contributed by atoms with Crippen LogP contribution in [0.4, 0.5) is 5.69 Å². The second-order valence-electron chi connectivity index (χ2n) is 9.70. The second kappa shape index (κ2) is 10.7. The summed E-state index contributed by atoms with van der Waals surface area (Å²) in [5.74, 6) is -0.550. The lowest BCUT2D eigenvalue weighted by atomic mass is 9.97. The second-order valence-corrected chi connectivity index (χ2v) is 11.6. The van der Waals surface area contributed by atoms with Crippen LogP contribution in [-0.2, 0) is 14.8 Å². The number of hydrazone groups is 1. The SMILES string of the molecule is Cc1ccc(S(=O)(=O)N(CC(=O)N/N=C\c2c3ccccc3cc3ccccc23)c2cc(C)cc(C)c2)cc1. The van der Waals surface area contributed by atoms with Gasteiger partial charge < -0.3 is 0 Å². The van der Waals surface area contributed by atoms with E-state index in [2.05, 4.69) is 16.6 Å². The Morgan fingerprint density at radius 1 is 0.769 bits per heavy atom. The van der Waals surface area contributed by atoms with E-state index in [1.54, 1.807) is 42.6 Å². The molecule has 0 fully saturated rings. The standard InChI is InChI=1S/C32H29N3O3S/c1-22-12-14-28(15-13-22)39(37,38)35(27-17-23(2)16-24(3)18-27)21-32(36)34-33-20-31-29-10-6-4-8-25(29)19-26-9-5-7-11-30(26)31/h4-20H,21H2,1-3H3,(H,34,36)/b33-20-. The van der Waals surface area contributed by atoms with Gasteiger partial charge in [0.15, 0.2) is 0 Å². The Hall–Kier alpha value is -4.49. The van der Waals surface area contributed by atoms with Crippen molar-refractivity contribution in [2.45, 2.75) is 25.7 Å². The molecule has 5 aromatic carbocycles. The number of hydrogen-bond acceptors (Lipinski definition) is 4. The van der Waals surface area contributed by atoms with Crippen molar-refractivity contribution in [1.29, 1.82) is 0 Å². The van der Waals surface area contributed by atoms with Gasteiger partial charge in [0.05, 0.1) is 16.8 Å². The van der Waals surface area contributed by atoms with E-state index in [1.807, 2.05) is 75.4 Å². The molecule has 0 saturated heterocycles. The van der Waals surface area contributed by atoms with Crippen molar-refractivity contribution in [2.24, 2.45) is 5.10 Å². The summed E-state index contributed by atoms with van der Waals surface area (Å²) in [5.41, 5.74) is 6.59. The molecule has 0 aliphatic carbocycles. The molecule has 0 aliphatic rings. The average Bonchev–Trinajstić information content (AvgIpc) is 2.91. The van der Waals surface area contributed by atoms with Crippen LogP contribution in [0.15, 0.2) is 107 Å². The minimum atomic E-state index is -4.01. The first-order valence-electron chi connectivity index (χ1n) is 12.6. The molecular formula is C32H29N3O3S. The van der Waals surface area contributed by atoms with Gasteiger partial charge >= 0.3 is 0 Å². The van der Waals surface area contributed by atoms with Crippen LogP contribution in [0, 0.1) is 20.8 Å². The first kappa shape index (κ1) is 26.1. The van der Waals surface area contributed by atoms with Crippen LogP contribution >= 0.6 is 0 Å². The summed E-state index contributed by atoms with van der Waals surface area (Å²) < 4.78 is 28.5. The molecule has 0 heterocycles. The highest BCUT2D eigenvalue weighted by Crippen LogP contribution is 2.28. The third kappa shape index (κ3) is 5.54. The number of aryl methyl sites for hydroxylation is 3. The van der Waals surface area contributed by atoms with E-state index in [4.69, 9.17) is 0 Å². The summed E-state index contributed by atoms with van der Waals surface area (Å²) in [6.07, 6.45) is 1.62. The Bertz CT molecular complexity index is 1750. The molecule has 0 aliphatic heterocycles. The molecular weight excluding hydrogens is 506 g/mol. The number of nitrogens with zero attached hydrogens (tertiary/aromatic N) is 2. The Kier molecular flexibility index (Phi) is 7.17. The molecule has 0 spiro atoms. The fourth-order valence-corrected chi connectivity index (χ4v) is 6.17. The molecule has 1 N–H and O–H groups in total. The molecule has 0 unspecified atom stereocenters. The van der Waals surface area contributed by atoms with Crippen molar-refractivity contribution in [3.63, 3.8) is 0 Å². The van der Waals surface area contributed by atoms with Gasteiger partial charge in [0.2, 0.25) is 0 Å². The van der Waals surface area contributed by atoms with Crippen LogP contribution in [0.2, 0.25) is 0 Å². The van der Waals surface area contributed by atoms with E-state index in [9.17, 15) is 13.2 Å². The summed E-state index contributed by atoms with van der Waals surface area (Å²) in [5, 5.41) is 8.39. The van der Waals surface area contributed by atoms with Crippen molar-refractivity contribution in [3.05, 3.63) is 119 Å². The number of hydrogen-bond donors (Lipinski definition) is 1. The number of amides is 1. The molecule has 5 aromatic rings. The summed E-state index contributed by atoms with van der Waals surface area (Å²) in [7, 11) is -4.01. The lowest BCUT2D eigenvalue weighted by Gasteiger charge is -2.24. The lowest BCUT2D eigenvalue weighted by Crippen LogP contribution is -2.39. The van der Waals surface area contributed by atoms with Gasteiger partial charge in [-0.25, -0.2) is 13.8 Å². The Morgan fingerprint density at radius 2 is 1.33 bits per heavy atom. The zero-order chi connectivity index (χ0) is 27.6. The normalized spacial score (nSPS) is 11.8. The van der Waals surface area contributed by atoms with Crippen LogP contribution in [0.25, 0.3) is 21.5 Å². The molecule has 1 amide bonds. The van der Waals surface area contributed by atoms with E-state index in [1.165, 1.54) is 0 Å². The van der Waals surface area contributed by atoms with Gasteiger partial charge in [-0.1, -0.05) is 72.3 Å². The number of fused-ring (bicyclic) bond motifs is 2. The van der Waals surface area contributed by atoms with Crippen LogP contribution in [0.5, 0.6) is 0 Å². The number of carbonyl (C=O) groups is 1. The quantitative estimate of drug-likeness (QED) is 0.152. The van der Waals surface area contributed by atoms with E-state index < -0.39 is 22.5 Å². The topological polar surface area (TPSA) is 78.8 Å². The van der Waals surface area contributed by atoms with Crippen molar-refractivity contribution in [3.8, 4) is 0 Å². The van der Waals surface area contributed by atoms with Crippen LogP contribution < -0.4 is 9.73 Å². The van der Waals surface area contributed by atoms with E-state index >= 15 is 0 Å². The highest BCUT2D eigenvalue weighted by molar-refractivity contribution is 7.92. The van der Waals surface area contributed by atoms with E-state index in [-0.39, 0.29) is 4.90 Å². The predicted molar refractivity (Wildman–Crippen MR) is 159 cm³/mol. The number of nitrogens with one attached hydrogen (secondary N) is 1. The van der Waals surface area contributed by atoms with Crippen molar-refractivity contribution in [1.82, 2.24) is 5.43 Å². The maximum atomic E-state index is 13.7. The van der Waals surface area contributed by atoms with Gasteiger partial charge in [0, 0.05) is 5.56 Å². The zero-order valence-corrected chi connectivity index (χ0v) is 22.9. The monoisotopic (exact) mass is 535 g/mol. The van der Waals surface area contributed by atoms with Gasteiger partial charge in [-0.2, -0.15) is 5.10 Å². The van der Waals surface area contributed by atoms with E-state index in [0.29, 0.717) is 5.69 Å². The maximum Gasteiger partial charge on any atom is 0.264 e. The molecule has 196 valence electrons. The highest BCUT2D eigenvalue weighted by Gasteiger charge is 2.27. The number of rotatable bonds is 7. The predicted octanol–water partition coefficient (Wildman–Crippen LogP) is 6.26. The first-order chi connectivity index (χ1) is 18.7. The van der Waals surface area contributed by atoms with Gasteiger partial charge in [0.25, 0.3) is 15.9 Å². The molecule has 0 radical (unpaired) electrons. The van der Waals surface area contributed by atoms with Crippen LogP contribution in [-0.4, -0.2) is 27.1 Å². The van der Waals surface area contributed by atoms with Crippen molar-refractivity contribution >= 4 is 49.4 Å². The number of benzene rings is 5. The smallest absolute Gasteiger partial charge is 0.264 e. The van der Waals surface area contributed by atoms with E-state index in [0.717, 1.165) is 48.1 Å². The largest absolute Gasteiger partial charge is 0.271 e. The molecule has 7 heteroatoms. The minimum Gasteiger partial charge on any atom is -0.271 e. The van der Waals surface area contributed by atoms with Crippen LogP contribution in [0.3, 0.4) is 0 Å². The summed E-state index contributed by atoms with van der Waals surface area (Å²) in [6.45, 7) is 5.26. The molecule has 6 nitrogen and oxygen atoms in total. The molecule has 0 saturated carbocycles. The molecule has 39 heavy (non-hydrogen) atoms. The molecule has 5 rings (SSSR count). The summed E-state index contributed by atoms with van der Waals surface area (Å²) in [4.78, 5) is 13.2. The minimum absolute atomic E-state index is 0.116. The van der Waals surface area contributed by atoms with Crippen molar-refractivity contribution in [2.75, 3.05) is 10.8 Å². The maximum absolute atomic E-state index is 13.7. The Labute approximate surface area is 228 Å². The third-order valence-corrected chi connectivity index (χ3v) is 8.37. The van der Waals surface area contributed by atoms with Crippen LogP contribution in [0.1, 0.15) is 22.3 Å². The van der Waals surface area contributed by atoms with Gasteiger partial charge in [-0.05, 0) is 83.8 Å².